The van der Waals surface area contributed by atoms with E-state index in [1.54, 1.807) is 35.9 Å². The number of anilines is 1. The molecule has 12 heteroatoms. The van der Waals surface area contributed by atoms with Gasteiger partial charge in [-0.05, 0) is 23.6 Å². The number of H-pyrrole nitrogens is 1. The van der Waals surface area contributed by atoms with E-state index in [0.717, 1.165) is 60.9 Å². The van der Waals surface area contributed by atoms with E-state index < -0.39 is 10.0 Å². The molecule has 1 aromatic carbocycles. The topological polar surface area (TPSA) is 98.8 Å². The van der Waals surface area contributed by atoms with E-state index in [0.29, 0.717) is 16.5 Å². The number of carbonyl (C=O) groups excluding carboxylic acids is 1. The summed E-state index contributed by atoms with van der Waals surface area (Å²) in [5.74, 6) is -0.235. The molecule has 1 aliphatic rings. The number of sulfonamides is 1. The molecule has 196 valence electrons. The average Bonchev–Trinajstić information content (AvgIpc) is 3.65. The van der Waals surface area contributed by atoms with Gasteiger partial charge in [-0.3, -0.25) is 18.9 Å². The highest BCUT2D eigenvalue weighted by Crippen LogP contribution is 2.34. The van der Waals surface area contributed by atoms with Crippen LogP contribution in [0.5, 0.6) is 0 Å². The molecule has 0 radical (unpaired) electrons. The highest BCUT2D eigenvalue weighted by atomic mass is 32.2. The molecular weight excluding hydrogens is 531 g/mol. The van der Waals surface area contributed by atoms with Crippen LogP contribution in [0, 0.1) is 0 Å². The van der Waals surface area contributed by atoms with Gasteiger partial charge < -0.3 is 9.72 Å². The predicted molar refractivity (Wildman–Crippen MR) is 148 cm³/mol. The Morgan fingerprint density at radius 1 is 1.16 bits per heavy atom. The number of esters is 1. The summed E-state index contributed by atoms with van der Waals surface area (Å²) in [6.45, 7) is 7.27. The lowest BCUT2D eigenvalue weighted by molar-refractivity contribution is -0.141. The Labute approximate surface area is 224 Å². The third-order valence-electron chi connectivity index (χ3n) is 6.42. The molecule has 1 saturated heterocycles. The number of rotatable bonds is 9. The van der Waals surface area contributed by atoms with Gasteiger partial charge in [0.15, 0.2) is 0 Å². The normalized spacial score (nSPS) is 15.3. The molecule has 0 amide bonds. The van der Waals surface area contributed by atoms with Gasteiger partial charge >= 0.3 is 5.97 Å². The van der Waals surface area contributed by atoms with Crippen molar-refractivity contribution in [2.45, 2.75) is 17.7 Å². The summed E-state index contributed by atoms with van der Waals surface area (Å²) in [7, 11) is -2.05. The number of hydrogen-bond donors (Lipinski definition) is 1. The van der Waals surface area contributed by atoms with Gasteiger partial charge in [0.05, 0.1) is 16.9 Å². The maximum absolute atomic E-state index is 13.1. The molecule has 4 aromatic rings. The highest BCUT2D eigenvalue weighted by molar-refractivity contribution is 7.94. The monoisotopic (exact) mass is 559 g/mol. The number of piperazine rings is 1. The van der Waals surface area contributed by atoms with Crippen LogP contribution in [0.1, 0.15) is 11.8 Å². The number of thiazole rings is 1. The molecule has 3 aromatic heterocycles. The van der Waals surface area contributed by atoms with E-state index in [2.05, 4.69) is 19.8 Å². The molecule has 0 spiro atoms. The van der Waals surface area contributed by atoms with Crippen molar-refractivity contribution in [1.29, 1.82) is 0 Å². The fraction of sp³-hybridized carbons (Fsp3) is 0.360. The number of para-hydroxylation sites is 1. The summed E-state index contributed by atoms with van der Waals surface area (Å²) in [6.07, 6.45) is 1.92. The zero-order valence-electron chi connectivity index (χ0n) is 20.7. The van der Waals surface area contributed by atoms with Gasteiger partial charge in [0, 0.05) is 69.7 Å². The standard InChI is InChI=1S/C25H29N5O4S3/c1-18(31)34-13-12-29-8-10-30(11-9-29)17-20-16-26-25(36-20)21-15-19-5-3-6-22(24(19)27-21)28(2)37(32,33)23-7-4-14-35-23/h3-7,14-16,27H,8-13,17H2,1-2H3. The molecule has 1 fully saturated rings. The van der Waals surface area contributed by atoms with E-state index in [1.807, 2.05) is 30.5 Å². The predicted octanol–water partition coefficient (Wildman–Crippen LogP) is 3.86. The Bertz CT molecular complexity index is 1470. The largest absolute Gasteiger partial charge is 0.465 e. The zero-order chi connectivity index (χ0) is 26.0. The zero-order valence-corrected chi connectivity index (χ0v) is 23.2. The number of nitrogens with one attached hydrogen (secondary N) is 1. The third-order valence-corrected chi connectivity index (χ3v) is 10.6. The SMILES string of the molecule is CC(=O)OCCN1CCN(Cc2cnc(-c3cc4cccc(N(C)S(=O)(=O)c5cccs5)c4[nH]3)s2)CC1. The van der Waals surface area contributed by atoms with Gasteiger partial charge in [0.25, 0.3) is 10.0 Å². The van der Waals surface area contributed by atoms with Gasteiger partial charge in [-0.25, -0.2) is 13.4 Å². The van der Waals surface area contributed by atoms with Gasteiger partial charge in [0.1, 0.15) is 15.8 Å². The van der Waals surface area contributed by atoms with Gasteiger partial charge in [-0.15, -0.1) is 22.7 Å². The summed E-state index contributed by atoms with van der Waals surface area (Å²) in [4.78, 5) is 24.9. The molecule has 37 heavy (non-hydrogen) atoms. The van der Waals surface area contributed by atoms with Crippen molar-refractivity contribution in [2.75, 3.05) is 50.7 Å². The molecule has 0 unspecified atom stereocenters. The first kappa shape index (κ1) is 25.9. The number of aromatic amines is 1. The lowest BCUT2D eigenvalue weighted by Gasteiger charge is -2.34. The summed E-state index contributed by atoms with van der Waals surface area (Å²) in [5, 5.41) is 3.57. The van der Waals surface area contributed by atoms with E-state index >= 15 is 0 Å². The first-order valence-corrected chi connectivity index (χ1v) is 15.1. The summed E-state index contributed by atoms with van der Waals surface area (Å²) < 4.78 is 32.9. The van der Waals surface area contributed by atoms with Crippen molar-refractivity contribution >= 4 is 55.3 Å². The minimum absolute atomic E-state index is 0.235. The molecule has 0 saturated carbocycles. The fourth-order valence-corrected chi connectivity index (χ4v) is 7.70. The molecule has 1 N–H and O–H groups in total. The summed E-state index contributed by atoms with van der Waals surface area (Å²) in [6, 6.07) is 11.0. The minimum atomic E-state index is -3.63. The Kier molecular flexibility index (Phi) is 7.63. The Morgan fingerprint density at radius 3 is 2.68 bits per heavy atom. The van der Waals surface area contributed by atoms with Crippen LogP contribution in [0.25, 0.3) is 21.6 Å². The Hall–Kier alpha value is -2.77. The number of aromatic nitrogens is 2. The third kappa shape index (κ3) is 5.73. The van der Waals surface area contributed by atoms with E-state index in [-0.39, 0.29) is 5.97 Å². The van der Waals surface area contributed by atoms with Crippen LogP contribution in [0.3, 0.4) is 0 Å². The van der Waals surface area contributed by atoms with Crippen LogP contribution >= 0.6 is 22.7 Å². The number of thiophene rings is 1. The number of hydrogen-bond acceptors (Lipinski definition) is 9. The number of nitrogens with zero attached hydrogens (tertiary/aromatic N) is 4. The Balaban J connectivity index is 1.27. The minimum Gasteiger partial charge on any atom is -0.465 e. The van der Waals surface area contributed by atoms with Gasteiger partial charge in [-0.2, -0.15) is 0 Å². The Morgan fingerprint density at radius 2 is 1.95 bits per heavy atom. The molecule has 0 bridgehead atoms. The molecule has 1 aliphatic heterocycles. The van der Waals surface area contributed by atoms with Crippen LogP contribution in [0.15, 0.2) is 52.2 Å². The van der Waals surface area contributed by atoms with Crippen LogP contribution in [0.4, 0.5) is 5.69 Å². The number of ether oxygens (including phenoxy) is 1. The molecule has 9 nitrogen and oxygen atoms in total. The van der Waals surface area contributed by atoms with Crippen molar-refractivity contribution in [3.8, 4) is 10.7 Å². The van der Waals surface area contributed by atoms with Gasteiger partial charge in [0.2, 0.25) is 0 Å². The first-order valence-electron chi connectivity index (χ1n) is 12.0. The second kappa shape index (κ2) is 10.9. The lowest BCUT2D eigenvalue weighted by Crippen LogP contribution is -2.46. The number of benzene rings is 1. The fourth-order valence-electron chi connectivity index (χ4n) is 4.41. The maximum atomic E-state index is 13.1. The first-order chi connectivity index (χ1) is 17.8. The van der Waals surface area contributed by atoms with E-state index in [1.165, 1.54) is 27.4 Å². The summed E-state index contributed by atoms with van der Waals surface area (Å²) in [5.41, 5.74) is 2.23. The van der Waals surface area contributed by atoms with Crippen LogP contribution in [0.2, 0.25) is 0 Å². The molecular formula is C25H29N5O4S3. The van der Waals surface area contributed by atoms with E-state index in [9.17, 15) is 13.2 Å². The van der Waals surface area contributed by atoms with Crippen molar-refractivity contribution < 1.29 is 17.9 Å². The van der Waals surface area contributed by atoms with Crippen molar-refractivity contribution in [3.05, 3.63) is 52.9 Å². The quantitative estimate of drug-likeness (QED) is 0.311. The van der Waals surface area contributed by atoms with E-state index in [4.69, 9.17) is 4.74 Å². The van der Waals surface area contributed by atoms with Crippen LogP contribution in [-0.2, 0) is 26.1 Å². The van der Waals surface area contributed by atoms with Crippen molar-refractivity contribution in [2.24, 2.45) is 0 Å². The van der Waals surface area contributed by atoms with Gasteiger partial charge in [-0.1, -0.05) is 18.2 Å². The van der Waals surface area contributed by atoms with Crippen LogP contribution in [-0.4, -0.2) is 80.5 Å². The molecule has 5 rings (SSSR count). The number of carbonyl (C=O) groups is 1. The molecule has 4 heterocycles. The molecule has 0 atom stereocenters. The summed E-state index contributed by atoms with van der Waals surface area (Å²) >= 11 is 2.85. The number of fused-ring (bicyclic) bond motifs is 1. The van der Waals surface area contributed by atoms with Crippen molar-refractivity contribution in [1.82, 2.24) is 19.8 Å². The van der Waals surface area contributed by atoms with Crippen molar-refractivity contribution in [3.63, 3.8) is 0 Å². The second-order valence-electron chi connectivity index (χ2n) is 8.92. The average molecular weight is 560 g/mol. The lowest BCUT2D eigenvalue weighted by atomic mass is 10.2. The smallest absolute Gasteiger partial charge is 0.302 e. The maximum Gasteiger partial charge on any atom is 0.302 e. The highest BCUT2D eigenvalue weighted by Gasteiger charge is 2.25. The second-order valence-corrected chi connectivity index (χ2v) is 13.2. The van der Waals surface area contributed by atoms with Crippen LogP contribution < -0.4 is 4.31 Å². The molecule has 0 aliphatic carbocycles.